The number of Topliss-reactive ketones (excluding diaryl/α,β-unsaturated/α-hetero) is 1. The molecular formula is C52H73N7O7. The van der Waals surface area contributed by atoms with Crippen LogP contribution in [0.4, 0.5) is 11.4 Å². The number of ketones is 1. The van der Waals surface area contributed by atoms with Gasteiger partial charge in [0.1, 0.15) is 18.0 Å². The molecular weight excluding hydrogens is 835 g/mol. The first-order chi connectivity index (χ1) is 30.8. The summed E-state index contributed by atoms with van der Waals surface area (Å²) in [6.07, 6.45) is 7.45. The predicted octanol–water partition coefficient (Wildman–Crippen LogP) is 8.07. The second-order valence-corrected chi connectivity index (χ2v) is 21.6. The first-order valence-electron chi connectivity index (χ1n) is 24.0. The normalized spacial score (nSPS) is 24.4. The zero-order valence-corrected chi connectivity index (χ0v) is 41.5. The van der Waals surface area contributed by atoms with Gasteiger partial charge in [0.25, 0.3) is 0 Å². The quantitative estimate of drug-likeness (QED) is 0.0803. The van der Waals surface area contributed by atoms with E-state index < -0.39 is 23.6 Å². The predicted molar refractivity (Wildman–Crippen MR) is 260 cm³/mol. The Kier molecular flexibility index (Phi) is 13.5. The van der Waals surface area contributed by atoms with Crippen LogP contribution >= 0.6 is 0 Å². The van der Waals surface area contributed by atoms with Crippen molar-refractivity contribution in [2.45, 2.75) is 168 Å². The molecule has 6 aliphatic rings. The first kappa shape index (κ1) is 48.8. The van der Waals surface area contributed by atoms with Crippen LogP contribution in [0.5, 0.6) is 0 Å². The molecule has 0 saturated carbocycles. The minimum absolute atomic E-state index is 0.0416. The molecule has 358 valence electrons. The van der Waals surface area contributed by atoms with Crippen molar-refractivity contribution in [1.29, 1.82) is 5.41 Å². The van der Waals surface area contributed by atoms with Gasteiger partial charge in [0.15, 0.2) is 5.90 Å². The number of aliphatic hydroxyl groups excluding tert-OH is 1. The van der Waals surface area contributed by atoms with E-state index >= 15 is 0 Å². The Balaban J connectivity index is 1.11. The number of rotatable bonds is 12. The van der Waals surface area contributed by atoms with Crippen molar-refractivity contribution < 1.29 is 33.8 Å². The molecule has 0 atom stereocenters. The number of anilines is 2. The molecule has 2 aliphatic carbocycles. The molecule has 0 spiro atoms. The van der Waals surface area contributed by atoms with Gasteiger partial charge in [-0.15, -0.1) is 0 Å². The molecule has 2 amide bonds. The Morgan fingerprint density at radius 2 is 1.35 bits per heavy atom. The number of allylic oxidation sites excluding steroid dienone is 6. The highest BCUT2D eigenvalue weighted by molar-refractivity contribution is 6.42. The number of amides is 2. The standard InChI is InChI=1S/C52H73N7O7/c1-13-58-21-19-31-23-35(37(25-39(31)58)54-42(60)16-15-41(53)65-33-27-49(3,4)56(11)50(5,6)28-33)45-47(63)46(48(45)64)36-24-32-20-22-59(14-2)40(32)26-38(36)55-43(61)17-18-44(62)66-34-29-51(7,8)57(12)52(9,10)30-34/h23-26,33-34,53,63H,13-22,27-30H2,1-12H3,(H,55,61). The van der Waals surface area contributed by atoms with E-state index in [1.807, 2.05) is 24.3 Å². The summed E-state index contributed by atoms with van der Waals surface area (Å²) in [5, 5.41) is 23.6. The Morgan fingerprint density at radius 3 is 1.92 bits per heavy atom. The number of esters is 1. The Bertz CT molecular complexity index is 2330. The molecule has 0 bridgehead atoms. The number of nitrogens with zero attached hydrogens (tertiary/aromatic N) is 5. The second kappa shape index (κ2) is 18.2. The number of piperidine rings is 2. The van der Waals surface area contributed by atoms with Gasteiger partial charge in [-0.05, 0) is 132 Å². The van der Waals surface area contributed by atoms with E-state index in [4.69, 9.17) is 14.9 Å². The lowest BCUT2D eigenvalue weighted by atomic mass is 9.77. The molecule has 0 aromatic heterocycles. The topological polar surface area (TPSA) is 168 Å². The van der Waals surface area contributed by atoms with E-state index in [1.54, 1.807) is 0 Å². The maximum absolute atomic E-state index is 14.5. The summed E-state index contributed by atoms with van der Waals surface area (Å²) in [5.41, 5.74) is 4.85. The average molecular weight is 908 g/mol. The molecule has 14 heteroatoms. The van der Waals surface area contributed by atoms with Crippen LogP contribution in [-0.4, -0.2) is 130 Å². The number of ether oxygens (including phenoxy) is 2. The van der Waals surface area contributed by atoms with Gasteiger partial charge >= 0.3 is 5.97 Å². The van der Waals surface area contributed by atoms with Gasteiger partial charge < -0.3 is 29.7 Å². The smallest absolute Gasteiger partial charge is 0.306 e. The zero-order valence-electron chi connectivity index (χ0n) is 41.5. The Hall–Kier alpha value is -5.08. The fraction of sp³-hybridized carbons (Fsp3) is 0.615. The van der Waals surface area contributed by atoms with Crippen LogP contribution in [0, 0.1) is 5.41 Å². The highest BCUT2D eigenvalue weighted by Gasteiger charge is 2.46. The fourth-order valence-corrected chi connectivity index (χ4v) is 11.2. The fourth-order valence-electron chi connectivity index (χ4n) is 11.2. The first-order valence-corrected chi connectivity index (χ1v) is 24.0. The number of likely N-dealkylation sites (tertiary alicyclic amines) is 3. The van der Waals surface area contributed by atoms with Gasteiger partial charge in [0.05, 0.1) is 29.0 Å². The third kappa shape index (κ3) is 9.68. The minimum atomic E-state index is -0.460. The Labute approximate surface area is 391 Å². The van der Waals surface area contributed by atoms with E-state index in [1.165, 1.54) is 0 Å². The third-order valence-corrected chi connectivity index (χ3v) is 15.4. The molecule has 4 aliphatic heterocycles. The number of carbonyl (C=O) groups excluding carboxylic acids is 4. The lowest BCUT2D eigenvalue weighted by molar-refractivity contribution is -0.159. The van der Waals surface area contributed by atoms with E-state index in [-0.39, 0.29) is 88.6 Å². The number of nitrogens with one attached hydrogen (secondary N) is 2. The summed E-state index contributed by atoms with van der Waals surface area (Å²) in [4.78, 5) is 68.5. The second-order valence-electron chi connectivity index (χ2n) is 21.6. The van der Waals surface area contributed by atoms with Crippen molar-refractivity contribution in [3.05, 3.63) is 63.6 Å². The van der Waals surface area contributed by atoms with Crippen LogP contribution in [0.2, 0.25) is 0 Å². The lowest BCUT2D eigenvalue weighted by Crippen LogP contribution is -2.60. The van der Waals surface area contributed by atoms with Crippen LogP contribution in [-0.2, 0) is 35.1 Å². The number of hydrogen-bond donors (Lipinski definition) is 3. The van der Waals surface area contributed by atoms with Gasteiger partial charge in [0.2, 0.25) is 17.6 Å². The van der Waals surface area contributed by atoms with Gasteiger partial charge in [-0.25, -0.2) is 4.99 Å². The molecule has 7 rings (SSSR count). The minimum Gasteiger partial charge on any atom is -0.506 e. The molecule has 4 heterocycles. The maximum atomic E-state index is 14.5. The van der Waals surface area contributed by atoms with E-state index in [0.29, 0.717) is 29.7 Å². The van der Waals surface area contributed by atoms with Crippen molar-refractivity contribution in [3.8, 4) is 0 Å². The lowest BCUT2D eigenvalue weighted by Gasteiger charge is -2.53. The summed E-state index contributed by atoms with van der Waals surface area (Å²) in [6.45, 7) is 24.4. The summed E-state index contributed by atoms with van der Waals surface area (Å²) >= 11 is 0. The van der Waals surface area contributed by atoms with Crippen LogP contribution in [0.3, 0.4) is 0 Å². The summed E-state index contributed by atoms with van der Waals surface area (Å²) in [5.74, 6) is -1.92. The summed E-state index contributed by atoms with van der Waals surface area (Å²) < 4.78 is 12.1. The third-order valence-electron chi connectivity index (χ3n) is 15.4. The molecule has 66 heavy (non-hydrogen) atoms. The average Bonchev–Trinajstić information content (AvgIpc) is 3.82. The number of fused-ring (bicyclic) bond motifs is 2. The number of likely N-dealkylation sites (N-methyl/N-ethyl adjacent to an activating group) is 2. The molecule has 0 radical (unpaired) electrons. The van der Waals surface area contributed by atoms with Crippen LogP contribution < -0.4 is 10.2 Å². The summed E-state index contributed by atoms with van der Waals surface area (Å²) in [6, 6.07) is 3.73. The van der Waals surface area contributed by atoms with Crippen molar-refractivity contribution in [2.24, 2.45) is 4.99 Å². The van der Waals surface area contributed by atoms with Crippen molar-refractivity contribution >= 4 is 52.1 Å². The van der Waals surface area contributed by atoms with Crippen LogP contribution in [0.1, 0.15) is 138 Å². The zero-order chi connectivity index (χ0) is 48.3. The van der Waals surface area contributed by atoms with Gasteiger partial charge in [-0.2, -0.15) is 0 Å². The van der Waals surface area contributed by atoms with E-state index in [0.717, 1.165) is 74.4 Å². The number of benzene rings is 1. The number of aliphatic imine (C=N–C) groups is 1. The monoisotopic (exact) mass is 908 g/mol. The summed E-state index contributed by atoms with van der Waals surface area (Å²) in [7, 11) is 4.21. The number of aliphatic hydroxyl groups is 1. The van der Waals surface area contributed by atoms with Crippen LogP contribution in [0.25, 0.3) is 5.57 Å². The highest BCUT2D eigenvalue weighted by atomic mass is 16.5. The van der Waals surface area contributed by atoms with E-state index in [9.17, 15) is 24.3 Å². The van der Waals surface area contributed by atoms with Crippen LogP contribution in [0.15, 0.2) is 57.5 Å². The molecule has 1 aromatic rings. The van der Waals surface area contributed by atoms with Crippen molar-refractivity contribution in [3.63, 3.8) is 0 Å². The van der Waals surface area contributed by atoms with Gasteiger partial charge in [-0.3, -0.25) is 34.4 Å². The largest absolute Gasteiger partial charge is 0.506 e. The molecule has 14 nitrogen and oxygen atoms in total. The van der Waals surface area contributed by atoms with E-state index in [2.05, 4.69) is 113 Å². The highest BCUT2D eigenvalue weighted by Crippen LogP contribution is 2.46. The van der Waals surface area contributed by atoms with Gasteiger partial charge in [-0.1, -0.05) is 0 Å². The molecule has 3 fully saturated rings. The van der Waals surface area contributed by atoms with Crippen molar-refractivity contribution in [1.82, 2.24) is 14.7 Å². The van der Waals surface area contributed by atoms with Crippen molar-refractivity contribution in [2.75, 3.05) is 50.5 Å². The number of hydrogen-bond acceptors (Lipinski definition) is 12. The Morgan fingerprint density at radius 1 is 0.773 bits per heavy atom. The molecule has 3 N–H and O–H groups in total. The SMILES string of the molecule is CCN1CCC2=CC(=C3C(=O)C(c4cc5c(cc4NC(=O)CCC(=O)OC4CC(C)(C)N(C)C(C)(C)C4)N(CC)CC5)=C3O)C(=NC(=O)CCC(=N)OC3CC(C)(C)N(C)C(C)(C)C3)C=C21. The maximum Gasteiger partial charge on any atom is 0.306 e. The molecule has 1 aromatic carbocycles. The number of carbonyl (C=O) groups is 4. The molecule has 0 unspecified atom stereocenters. The molecule has 3 saturated heterocycles. The van der Waals surface area contributed by atoms with Gasteiger partial charge in [0, 0.05) is 116 Å².